The topological polar surface area (TPSA) is 230 Å². The minimum Gasteiger partial charge on any atom is -0.465 e. The van der Waals surface area contributed by atoms with Gasteiger partial charge in [0, 0.05) is 86.0 Å². The van der Waals surface area contributed by atoms with E-state index in [4.69, 9.17) is 15.0 Å². The SMILES string of the molecule is C/C=C/c1cnc2ccc(C(=O)OC)cc2c1.C=C(C)B1OC(C)(C)C(C)(C)O1.C=C(C)c1cnc2ccc(C(=O)OC)cc2c1.COC(=O)c1ccc2ncc(I)cc2c1.Cc1cc(N)nc(C)c1CNC(=O)c1ccnc(Cc2ccc3ncc(C(C)C)cc3c2)c1. The molecular formula is C75H80BIN8O9. The van der Waals surface area contributed by atoms with Crippen molar-refractivity contribution in [2.45, 2.75) is 106 Å². The van der Waals surface area contributed by atoms with Gasteiger partial charge in [-0.15, -0.1) is 6.58 Å². The van der Waals surface area contributed by atoms with Gasteiger partial charge in [0.1, 0.15) is 5.82 Å². The molecule has 4 aromatic carbocycles. The van der Waals surface area contributed by atoms with E-state index in [1.165, 1.54) is 26.9 Å². The van der Waals surface area contributed by atoms with Crippen LogP contribution in [0.2, 0.25) is 0 Å². The summed E-state index contributed by atoms with van der Waals surface area (Å²) in [5.74, 6) is -0.215. The van der Waals surface area contributed by atoms with E-state index in [0.717, 1.165) is 97.4 Å². The number of halogens is 1. The number of esters is 3. The highest BCUT2D eigenvalue weighted by molar-refractivity contribution is 14.1. The molecule has 1 fully saturated rings. The monoisotopic (exact) mass is 1370 g/mol. The Morgan fingerprint density at radius 2 is 1.13 bits per heavy atom. The van der Waals surface area contributed by atoms with Gasteiger partial charge in [0.15, 0.2) is 0 Å². The molecule has 6 aromatic heterocycles. The highest BCUT2D eigenvalue weighted by atomic mass is 127. The lowest BCUT2D eigenvalue weighted by atomic mass is 9.81. The van der Waals surface area contributed by atoms with Crippen LogP contribution in [0.3, 0.4) is 0 Å². The second-order valence-corrected chi connectivity index (χ2v) is 25.1. The van der Waals surface area contributed by atoms with Crippen molar-refractivity contribution in [1.29, 1.82) is 0 Å². The number of carbonyl (C=O) groups is 4. The summed E-state index contributed by atoms with van der Waals surface area (Å²) in [5.41, 5.74) is 21.0. The fourth-order valence-electron chi connectivity index (χ4n) is 9.66. The van der Waals surface area contributed by atoms with Crippen LogP contribution in [0.4, 0.5) is 5.82 Å². The van der Waals surface area contributed by atoms with E-state index in [-0.39, 0.29) is 42.1 Å². The van der Waals surface area contributed by atoms with Crippen molar-refractivity contribution in [2.75, 3.05) is 27.1 Å². The first-order chi connectivity index (χ1) is 44.6. The maximum Gasteiger partial charge on any atom is 0.489 e. The molecule has 0 radical (unpaired) electrons. The van der Waals surface area contributed by atoms with E-state index in [9.17, 15) is 19.2 Å². The van der Waals surface area contributed by atoms with Gasteiger partial charge >= 0.3 is 25.0 Å². The molecule has 19 heteroatoms. The van der Waals surface area contributed by atoms with Gasteiger partial charge in [0.25, 0.3) is 5.91 Å². The summed E-state index contributed by atoms with van der Waals surface area (Å²) >= 11 is 2.19. The molecule has 10 aromatic rings. The number of fused-ring (bicyclic) bond motifs is 4. The molecule has 3 N–H and O–H groups in total. The van der Waals surface area contributed by atoms with E-state index < -0.39 is 0 Å². The van der Waals surface area contributed by atoms with E-state index >= 15 is 0 Å². The quantitative estimate of drug-likeness (QED) is 0.0501. The van der Waals surface area contributed by atoms with E-state index in [2.05, 4.69) is 117 Å². The van der Waals surface area contributed by atoms with Crippen molar-refractivity contribution < 1.29 is 42.7 Å². The van der Waals surface area contributed by atoms with Crippen LogP contribution in [0.1, 0.15) is 154 Å². The molecule has 0 unspecified atom stereocenters. The number of ether oxygens (including phenoxy) is 3. The van der Waals surface area contributed by atoms with Crippen LogP contribution in [-0.2, 0) is 36.5 Å². The molecule has 0 bridgehead atoms. The third kappa shape index (κ3) is 19.0. The summed E-state index contributed by atoms with van der Waals surface area (Å²) in [6.45, 7) is 30.2. The molecule has 1 aliphatic heterocycles. The maximum atomic E-state index is 12.8. The number of rotatable bonds is 12. The Bertz CT molecular complexity index is 4460. The number of aromatic nitrogens is 6. The number of aryl methyl sites for hydroxylation is 2. The Morgan fingerprint density at radius 3 is 1.64 bits per heavy atom. The van der Waals surface area contributed by atoms with Crippen LogP contribution in [-0.4, -0.2) is 93.4 Å². The predicted molar refractivity (Wildman–Crippen MR) is 384 cm³/mol. The molecule has 0 spiro atoms. The molecular weight excluding hydrogens is 1290 g/mol. The summed E-state index contributed by atoms with van der Waals surface area (Å²) in [6, 6.07) is 35.8. The van der Waals surface area contributed by atoms with Crippen LogP contribution in [0.25, 0.3) is 55.3 Å². The third-order valence-electron chi connectivity index (χ3n) is 15.7. The Kier molecular flexibility index (Phi) is 24.7. The summed E-state index contributed by atoms with van der Waals surface area (Å²) in [4.78, 5) is 73.2. The first kappa shape index (κ1) is 71.9. The van der Waals surface area contributed by atoms with E-state index in [0.29, 0.717) is 47.0 Å². The number of allylic oxidation sites excluding steroid dienone is 3. The predicted octanol–water partition coefficient (Wildman–Crippen LogP) is 15.8. The van der Waals surface area contributed by atoms with Crippen LogP contribution >= 0.6 is 22.6 Å². The molecule has 0 atom stereocenters. The largest absolute Gasteiger partial charge is 0.489 e. The number of nitrogens with zero attached hydrogens (tertiary/aromatic N) is 6. The number of carbonyl (C=O) groups excluding carboxylic acids is 4. The van der Waals surface area contributed by atoms with Gasteiger partial charge in [0.2, 0.25) is 0 Å². The zero-order chi connectivity index (χ0) is 68.6. The summed E-state index contributed by atoms with van der Waals surface area (Å²) < 4.78 is 26.5. The zero-order valence-electron chi connectivity index (χ0n) is 55.8. The third-order valence-corrected chi connectivity index (χ3v) is 16.3. The van der Waals surface area contributed by atoms with Gasteiger partial charge in [-0.05, 0) is 239 Å². The lowest BCUT2D eigenvalue weighted by molar-refractivity contribution is 0.00578. The minimum absolute atomic E-state index is 0.140. The Hall–Kier alpha value is -9.57. The van der Waals surface area contributed by atoms with Gasteiger partial charge in [-0.2, -0.15) is 0 Å². The minimum atomic E-state index is -0.340. The number of nitrogen functional groups attached to an aromatic ring is 1. The van der Waals surface area contributed by atoms with Crippen LogP contribution in [0, 0.1) is 17.4 Å². The average Bonchev–Trinajstić information content (AvgIpc) is 1.59. The number of anilines is 1. The number of hydrogen-bond acceptors (Lipinski definition) is 16. The molecule has 17 nitrogen and oxygen atoms in total. The molecule has 1 saturated heterocycles. The highest BCUT2D eigenvalue weighted by Crippen LogP contribution is 2.38. The second kappa shape index (κ2) is 32.3. The van der Waals surface area contributed by atoms with Gasteiger partial charge < -0.3 is 34.6 Å². The van der Waals surface area contributed by atoms with Crippen molar-refractivity contribution in [2.24, 2.45) is 0 Å². The van der Waals surface area contributed by atoms with Crippen molar-refractivity contribution in [1.82, 2.24) is 35.2 Å². The zero-order valence-corrected chi connectivity index (χ0v) is 58.0. The van der Waals surface area contributed by atoms with E-state index in [1.807, 2.05) is 135 Å². The van der Waals surface area contributed by atoms with Crippen molar-refractivity contribution in [3.8, 4) is 0 Å². The summed E-state index contributed by atoms with van der Waals surface area (Å²) in [6.07, 6.45) is 13.6. The van der Waals surface area contributed by atoms with Crippen LogP contribution in [0.15, 0.2) is 171 Å². The normalized spacial score (nSPS) is 12.7. The first-order valence-electron chi connectivity index (χ1n) is 30.4. The molecule has 1 amide bonds. The molecule has 484 valence electrons. The molecule has 7 heterocycles. The number of benzene rings is 4. The van der Waals surface area contributed by atoms with Crippen LogP contribution in [0.5, 0.6) is 0 Å². The molecule has 11 rings (SSSR count). The molecule has 0 saturated carbocycles. The lowest BCUT2D eigenvalue weighted by Crippen LogP contribution is -2.41. The molecule has 94 heavy (non-hydrogen) atoms. The Balaban J connectivity index is 0.000000176. The van der Waals surface area contributed by atoms with Crippen molar-refractivity contribution in [3.05, 3.63) is 242 Å². The first-order valence-corrected chi connectivity index (χ1v) is 31.4. The van der Waals surface area contributed by atoms with Gasteiger partial charge in [-0.25, -0.2) is 19.4 Å². The van der Waals surface area contributed by atoms with Crippen molar-refractivity contribution >= 4 is 115 Å². The summed E-state index contributed by atoms with van der Waals surface area (Å²) in [7, 11) is 3.88. The summed E-state index contributed by atoms with van der Waals surface area (Å²) in [5, 5.41) is 6.91. The fourth-order valence-corrected chi connectivity index (χ4v) is 10.1. The van der Waals surface area contributed by atoms with Gasteiger partial charge in [0.05, 0.1) is 71.3 Å². The highest BCUT2D eigenvalue weighted by Gasteiger charge is 2.51. The standard InChI is InChI=1S/C27H29N5O.2C14H13NO2.C11H8INO2.C9H17BO2/c1-16(2)22-12-21-10-19(5-6-25(21)30-14-22)11-23-13-20(7-8-29-23)27(33)31-15-24-17(3)9-26(28)32-18(24)4;1-9(2)12-7-11-6-10(14(16)17-3)4-5-13(11)15-8-12;1-3-4-10-7-12-8-11(14(16)17-2)5-6-13(12)15-9-10;1-15-11(14)7-2-3-10-8(4-7)5-9(12)6-13-10;1-7(2)10-11-8(3,4)9(5,6)12-10/h5-10,12-14,16H,11,15H2,1-4H3,(H2,28,32)(H,31,33);4-8H,1H2,2-3H3;3-9H,1-2H3;2-6H,1H3;1H2,2-6H3/b;;4-3+;;. The van der Waals surface area contributed by atoms with Crippen molar-refractivity contribution in [3.63, 3.8) is 0 Å². The Labute approximate surface area is 564 Å². The smallest absolute Gasteiger partial charge is 0.465 e. The molecule has 1 aliphatic rings. The molecule has 0 aliphatic carbocycles. The maximum absolute atomic E-state index is 12.8. The fraction of sp³-hybridized carbons (Fsp3) is 0.253. The number of amides is 1. The van der Waals surface area contributed by atoms with Gasteiger partial charge in [-0.3, -0.25) is 29.7 Å². The van der Waals surface area contributed by atoms with Crippen LogP contribution < -0.4 is 11.1 Å². The lowest BCUT2D eigenvalue weighted by Gasteiger charge is -2.32. The average molecular weight is 1380 g/mol. The number of nitrogens with one attached hydrogen (secondary N) is 1. The number of pyridine rings is 6. The number of hydrogen-bond donors (Lipinski definition) is 2. The Morgan fingerprint density at radius 1 is 0.628 bits per heavy atom. The number of methoxy groups -OCH3 is 3. The van der Waals surface area contributed by atoms with E-state index in [1.54, 1.807) is 67.3 Å². The van der Waals surface area contributed by atoms with Gasteiger partial charge in [-0.1, -0.05) is 44.1 Å². The number of nitrogens with two attached hydrogens (primary N) is 1. The second-order valence-electron chi connectivity index (χ2n) is 23.8.